The van der Waals surface area contributed by atoms with Crippen LogP contribution in [-0.2, 0) is 9.53 Å². The zero-order chi connectivity index (χ0) is 20.4. The van der Waals surface area contributed by atoms with Crippen LogP contribution < -0.4 is 20.3 Å². The van der Waals surface area contributed by atoms with Crippen LogP contribution in [0.1, 0.15) is 29.2 Å². The molecule has 4 rings (SSSR count). The lowest BCUT2D eigenvalue weighted by molar-refractivity contribution is -0.147. The van der Waals surface area contributed by atoms with Crippen molar-refractivity contribution in [1.82, 2.24) is 15.3 Å². The van der Waals surface area contributed by atoms with Crippen molar-refractivity contribution in [1.29, 1.82) is 0 Å². The number of nitrogens with zero attached hydrogens (tertiary/aromatic N) is 1. The van der Waals surface area contributed by atoms with Gasteiger partial charge in [-0.25, -0.2) is 4.98 Å². The van der Waals surface area contributed by atoms with Crippen molar-refractivity contribution < 1.29 is 23.8 Å². The van der Waals surface area contributed by atoms with Gasteiger partial charge in [-0.1, -0.05) is 12.1 Å². The minimum atomic E-state index is -0.790. The standard InChI is InChI=1S/C20H17N3O6/c1-11(18-22-14-5-3-2-4-13(14)20(26)23-18)29-17(24)9-21-19(25)12-6-7-15-16(8-12)28-10-27-15/h2-8,11H,9-10H2,1H3,(H,21,25)(H,22,23,26)/t11-/m1/s1. The van der Waals surface area contributed by atoms with E-state index in [9.17, 15) is 14.4 Å². The first-order valence-corrected chi connectivity index (χ1v) is 8.87. The first-order valence-electron chi connectivity index (χ1n) is 8.87. The van der Waals surface area contributed by atoms with Crippen molar-refractivity contribution in [2.24, 2.45) is 0 Å². The van der Waals surface area contributed by atoms with E-state index in [1.54, 1.807) is 43.3 Å². The third-order valence-corrected chi connectivity index (χ3v) is 4.35. The highest BCUT2D eigenvalue weighted by molar-refractivity contribution is 5.96. The van der Waals surface area contributed by atoms with E-state index in [0.717, 1.165) is 0 Å². The highest BCUT2D eigenvalue weighted by Gasteiger charge is 2.19. The van der Waals surface area contributed by atoms with Crippen molar-refractivity contribution in [2.75, 3.05) is 13.3 Å². The van der Waals surface area contributed by atoms with Crippen molar-refractivity contribution >= 4 is 22.8 Å². The molecule has 1 amide bonds. The number of carbonyl (C=O) groups excluding carboxylic acids is 2. The maximum Gasteiger partial charge on any atom is 0.326 e. The van der Waals surface area contributed by atoms with E-state index in [1.807, 2.05) is 0 Å². The van der Waals surface area contributed by atoms with Gasteiger partial charge >= 0.3 is 5.97 Å². The van der Waals surface area contributed by atoms with E-state index in [-0.39, 0.29) is 24.7 Å². The smallest absolute Gasteiger partial charge is 0.326 e. The van der Waals surface area contributed by atoms with Crippen LogP contribution in [0.25, 0.3) is 10.9 Å². The number of fused-ring (bicyclic) bond motifs is 2. The van der Waals surface area contributed by atoms with Crippen LogP contribution in [0, 0.1) is 0 Å². The summed E-state index contributed by atoms with van der Waals surface area (Å²) in [5.74, 6) is 0.142. The monoisotopic (exact) mass is 395 g/mol. The van der Waals surface area contributed by atoms with Crippen LogP contribution in [0.5, 0.6) is 11.5 Å². The quantitative estimate of drug-likeness (QED) is 0.631. The van der Waals surface area contributed by atoms with Gasteiger partial charge in [0, 0.05) is 5.56 Å². The number of esters is 1. The first kappa shape index (κ1) is 18.5. The Morgan fingerprint density at radius 1 is 1.21 bits per heavy atom. The van der Waals surface area contributed by atoms with E-state index in [4.69, 9.17) is 14.2 Å². The minimum absolute atomic E-state index is 0.107. The molecule has 0 fully saturated rings. The van der Waals surface area contributed by atoms with Crippen molar-refractivity contribution in [3.63, 3.8) is 0 Å². The van der Waals surface area contributed by atoms with Crippen molar-refractivity contribution in [2.45, 2.75) is 13.0 Å². The molecule has 2 heterocycles. The summed E-state index contributed by atoms with van der Waals surface area (Å²) in [6.45, 7) is 1.36. The number of hydrogen-bond donors (Lipinski definition) is 2. The number of carbonyl (C=O) groups is 2. The van der Waals surface area contributed by atoms with Gasteiger partial charge in [0.15, 0.2) is 23.4 Å². The summed E-state index contributed by atoms with van der Waals surface area (Å²) in [7, 11) is 0. The first-order chi connectivity index (χ1) is 14.0. The maximum atomic E-state index is 12.2. The molecule has 0 bridgehead atoms. The van der Waals surface area contributed by atoms with Gasteiger partial charge in [0.2, 0.25) is 6.79 Å². The molecule has 0 radical (unpaired) electrons. The van der Waals surface area contributed by atoms with Crippen LogP contribution in [0.3, 0.4) is 0 Å². The number of hydrogen-bond acceptors (Lipinski definition) is 7. The molecular formula is C20H17N3O6. The molecular weight excluding hydrogens is 378 g/mol. The maximum absolute atomic E-state index is 12.2. The van der Waals surface area contributed by atoms with E-state index in [2.05, 4.69) is 15.3 Å². The SMILES string of the molecule is C[C@@H](OC(=O)CNC(=O)c1ccc2c(c1)OCO2)c1nc2ccccc2c(=O)[nH]1. The predicted molar refractivity (Wildman–Crippen MR) is 102 cm³/mol. The average molecular weight is 395 g/mol. The number of benzene rings is 2. The summed E-state index contributed by atoms with van der Waals surface area (Å²) in [6.07, 6.45) is -0.790. The minimum Gasteiger partial charge on any atom is -0.454 e. The Morgan fingerprint density at radius 2 is 2.00 bits per heavy atom. The molecule has 0 saturated carbocycles. The normalized spacial score (nSPS) is 13.1. The van der Waals surface area contributed by atoms with Gasteiger partial charge in [-0.05, 0) is 37.3 Å². The zero-order valence-corrected chi connectivity index (χ0v) is 15.4. The Morgan fingerprint density at radius 3 is 2.86 bits per heavy atom. The molecule has 1 aromatic heterocycles. The fourth-order valence-electron chi connectivity index (χ4n) is 2.88. The molecule has 148 valence electrons. The Bertz CT molecular complexity index is 1160. The van der Waals surface area contributed by atoms with E-state index in [1.165, 1.54) is 6.07 Å². The summed E-state index contributed by atoms with van der Waals surface area (Å²) in [5, 5.41) is 2.94. The fourth-order valence-corrected chi connectivity index (χ4v) is 2.88. The molecule has 2 N–H and O–H groups in total. The summed E-state index contributed by atoms with van der Waals surface area (Å²) in [5.41, 5.74) is 0.519. The second-order valence-corrected chi connectivity index (χ2v) is 6.35. The fraction of sp³-hybridized carbons (Fsp3) is 0.200. The molecule has 29 heavy (non-hydrogen) atoms. The van der Waals surface area contributed by atoms with Gasteiger partial charge in [0.05, 0.1) is 10.9 Å². The molecule has 0 spiro atoms. The van der Waals surface area contributed by atoms with Crippen molar-refractivity contribution in [3.8, 4) is 11.5 Å². The molecule has 0 unspecified atom stereocenters. The summed E-state index contributed by atoms with van der Waals surface area (Å²) >= 11 is 0. The van der Waals surface area contributed by atoms with Gasteiger partial charge in [-0.2, -0.15) is 0 Å². The number of rotatable bonds is 5. The predicted octanol–water partition coefficient (Wildman–Crippen LogP) is 1.69. The lowest BCUT2D eigenvalue weighted by Crippen LogP contribution is -2.31. The molecule has 1 aliphatic rings. The second kappa shape index (κ2) is 7.63. The lowest BCUT2D eigenvalue weighted by atomic mass is 10.2. The third kappa shape index (κ3) is 3.88. The van der Waals surface area contributed by atoms with E-state index >= 15 is 0 Å². The molecule has 2 aromatic carbocycles. The Hall–Kier alpha value is -3.88. The lowest BCUT2D eigenvalue weighted by Gasteiger charge is -2.13. The van der Waals surface area contributed by atoms with Crippen molar-refractivity contribution in [3.05, 3.63) is 64.2 Å². The molecule has 0 saturated heterocycles. The number of aromatic nitrogens is 2. The molecule has 3 aromatic rings. The number of H-pyrrole nitrogens is 1. The number of nitrogens with one attached hydrogen (secondary N) is 2. The Labute approximate surface area is 164 Å². The highest BCUT2D eigenvalue weighted by Crippen LogP contribution is 2.32. The van der Waals surface area contributed by atoms with E-state index in [0.29, 0.717) is 28.0 Å². The number of aromatic amines is 1. The Kier molecular flexibility index (Phi) is 4.86. The van der Waals surface area contributed by atoms with Crippen LogP contribution in [0.4, 0.5) is 0 Å². The third-order valence-electron chi connectivity index (χ3n) is 4.35. The van der Waals surface area contributed by atoms with Gasteiger partial charge in [-0.15, -0.1) is 0 Å². The van der Waals surface area contributed by atoms with Gasteiger partial charge in [-0.3, -0.25) is 14.4 Å². The van der Waals surface area contributed by atoms with Gasteiger partial charge in [0.1, 0.15) is 6.54 Å². The van der Waals surface area contributed by atoms with Crippen LogP contribution in [0.2, 0.25) is 0 Å². The molecule has 1 aliphatic heterocycles. The summed E-state index contributed by atoms with van der Waals surface area (Å²) in [4.78, 5) is 43.4. The van der Waals surface area contributed by atoms with Crippen LogP contribution in [-0.4, -0.2) is 35.2 Å². The number of ether oxygens (including phenoxy) is 3. The molecule has 0 aliphatic carbocycles. The van der Waals surface area contributed by atoms with Gasteiger partial charge in [0.25, 0.3) is 11.5 Å². The largest absolute Gasteiger partial charge is 0.454 e. The average Bonchev–Trinajstić information content (AvgIpc) is 3.19. The molecule has 9 nitrogen and oxygen atoms in total. The summed E-state index contributed by atoms with van der Waals surface area (Å²) < 4.78 is 15.7. The second-order valence-electron chi connectivity index (χ2n) is 6.35. The van der Waals surface area contributed by atoms with Crippen LogP contribution in [0.15, 0.2) is 47.3 Å². The zero-order valence-electron chi connectivity index (χ0n) is 15.4. The molecule has 9 heteroatoms. The molecule has 1 atom stereocenters. The van der Waals surface area contributed by atoms with Gasteiger partial charge < -0.3 is 24.5 Å². The highest BCUT2D eigenvalue weighted by atomic mass is 16.7. The summed E-state index contributed by atoms with van der Waals surface area (Å²) in [6, 6.07) is 11.6. The van der Waals surface area contributed by atoms with Crippen LogP contribution >= 0.6 is 0 Å². The Balaban J connectivity index is 1.37. The number of amides is 1. The van der Waals surface area contributed by atoms with E-state index < -0.39 is 18.0 Å². The number of para-hydroxylation sites is 1. The topological polar surface area (TPSA) is 120 Å².